The van der Waals surface area contributed by atoms with Crippen molar-refractivity contribution in [2.75, 3.05) is 0 Å². The van der Waals surface area contributed by atoms with Crippen molar-refractivity contribution in [2.24, 2.45) is 5.92 Å². The first kappa shape index (κ1) is 19.9. The van der Waals surface area contributed by atoms with Crippen LogP contribution in [0.3, 0.4) is 0 Å². The molecule has 4 aromatic rings. The van der Waals surface area contributed by atoms with Gasteiger partial charge in [-0.25, -0.2) is 0 Å². The molecule has 0 saturated heterocycles. The Hall–Kier alpha value is -3.06. The van der Waals surface area contributed by atoms with Gasteiger partial charge in [-0.05, 0) is 46.7 Å². The summed E-state index contributed by atoms with van der Waals surface area (Å²) < 4.78 is 2.55. The fourth-order valence-electron chi connectivity index (χ4n) is 5.53. The molecule has 1 heteroatoms. The van der Waals surface area contributed by atoms with Gasteiger partial charge in [0, 0.05) is 33.8 Å². The van der Waals surface area contributed by atoms with Crippen LogP contribution in [0.2, 0.25) is 0 Å². The van der Waals surface area contributed by atoms with Crippen LogP contribution in [-0.2, 0) is 12.0 Å². The van der Waals surface area contributed by atoms with E-state index in [2.05, 4.69) is 103 Å². The largest absolute Gasteiger partial charge is 0.340 e. The number of fused-ring (bicyclic) bond motifs is 7. The summed E-state index contributed by atoms with van der Waals surface area (Å²) in [6.07, 6.45) is 10.1. The Morgan fingerprint density at radius 1 is 0.839 bits per heavy atom. The Balaban J connectivity index is 0.000000994. The van der Waals surface area contributed by atoms with Gasteiger partial charge in [-0.1, -0.05) is 101 Å². The highest BCUT2D eigenvalue weighted by molar-refractivity contribution is 6.17. The Bertz CT molecular complexity index is 1330. The number of hydrogen-bond acceptors (Lipinski definition) is 0. The molecular weight excluding hydrogens is 374 g/mol. The second kappa shape index (κ2) is 7.57. The van der Waals surface area contributed by atoms with E-state index < -0.39 is 0 Å². The molecule has 1 nitrogen and oxygen atoms in total. The molecule has 0 aliphatic heterocycles. The molecule has 0 radical (unpaired) electrons. The second-order valence-electron chi connectivity index (χ2n) is 8.99. The molecule has 0 amide bonds. The number of para-hydroxylation sites is 1. The Labute approximate surface area is 185 Å². The van der Waals surface area contributed by atoms with Gasteiger partial charge in [-0.15, -0.1) is 0 Å². The van der Waals surface area contributed by atoms with Crippen LogP contribution >= 0.6 is 0 Å². The molecule has 1 unspecified atom stereocenters. The number of benzene rings is 3. The highest BCUT2D eigenvalue weighted by Crippen LogP contribution is 2.52. The first-order valence-corrected chi connectivity index (χ1v) is 11.6. The topological polar surface area (TPSA) is 4.93 Å². The standard InChI is InChI=1S/C28H25N.C2H6/c1-28(2)22-14-8-6-12-20(22)26-23(28)16-17-25-27(26)21-13-7-9-15-24(21)29(25)18-19-10-4-3-5-11-19;1-2/h3-10,12-17,19H,11,18H2,1-2H3;1-2H3. The van der Waals surface area contributed by atoms with Crippen LogP contribution in [0.1, 0.15) is 45.2 Å². The molecule has 2 aliphatic rings. The summed E-state index contributed by atoms with van der Waals surface area (Å²) in [4.78, 5) is 0. The molecule has 0 bridgehead atoms. The number of rotatable bonds is 2. The first-order valence-electron chi connectivity index (χ1n) is 11.6. The van der Waals surface area contributed by atoms with Gasteiger partial charge in [0.2, 0.25) is 0 Å². The molecule has 0 spiro atoms. The predicted molar refractivity (Wildman–Crippen MR) is 135 cm³/mol. The van der Waals surface area contributed by atoms with E-state index in [1.54, 1.807) is 0 Å². The second-order valence-corrected chi connectivity index (χ2v) is 8.99. The van der Waals surface area contributed by atoms with Gasteiger partial charge in [0.15, 0.2) is 0 Å². The predicted octanol–water partition coefficient (Wildman–Crippen LogP) is 8.26. The van der Waals surface area contributed by atoms with Gasteiger partial charge in [0.05, 0.1) is 0 Å². The van der Waals surface area contributed by atoms with Gasteiger partial charge >= 0.3 is 0 Å². The maximum absolute atomic E-state index is 2.55. The molecule has 1 aromatic heterocycles. The zero-order valence-corrected chi connectivity index (χ0v) is 19.0. The molecular formula is C30H31N. The molecule has 1 heterocycles. The third kappa shape index (κ3) is 2.91. The van der Waals surface area contributed by atoms with Crippen LogP contribution in [-0.4, -0.2) is 4.57 Å². The molecule has 6 rings (SSSR count). The van der Waals surface area contributed by atoms with E-state index in [-0.39, 0.29) is 5.41 Å². The van der Waals surface area contributed by atoms with Gasteiger partial charge in [-0.2, -0.15) is 0 Å². The summed E-state index contributed by atoms with van der Waals surface area (Å²) in [6.45, 7) is 9.75. The Morgan fingerprint density at radius 2 is 1.61 bits per heavy atom. The molecule has 2 aliphatic carbocycles. The molecule has 0 fully saturated rings. The molecule has 3 aromatic carbocycles. The Kier molecular flexibility index (Phi) is 4.85. The summed E-state index contributed by atoms with van der Waals surface area (Å²) in [7, 11) is 0. The quantitative estimate of drug-likeness (QED) is 0.316. The van der Waals surface area contributed by atoms with Crippen molar-refractivity contribution in [1.29, 1.82) is 0 Å². The van der Waals surface area contributed by atoms with Gasteiger partial charge in [0.25, 0.3) is 0 Å². The fraction of sp³-hybridized carbons (Fsp3) is 0.267. The smallest absolute Gasteiger partial charge is 0.0498 e. The maximum Gasteiger partial charge on any atom is 0.0498 e. The number of aromatic nitrogens is 1. The maximum atomic E-state index is 2.55. The van der Waals surface area contributed by atoms with Crippen LogP contribution < -0.4 is 0 Å². The van der Waals surface area contributed by atoms with Crippen molar-refractivity contribution in [3.05, 3.63) is 96.1 Å². The van der Waals surface area contributed by atoms with Crippen LogP contribution in [0.4, 0.5) is 0 Å². The van der Waals surface area contributed by atoms with E-state index in [9.17, 15) is 0 Å². The summed E-state index contributed by atoms with van der Waals surface area (Å²) in [6, 6.07) is 22.7. The van der Waals surface area contributed by atoms with Gasteiger partial charge in [-0.3, -0.25) is 0 Å². The number of hydrogen-bond donors (Lipinski definition) is 0. The van der Waals surface area contributed by atoms with E-state index >= 15 is 0 Å². The lowest BCUT2D eigenvalue weighted by Crippen LogP contribution is -2.14. The summed E-state index contributed by atoms with van der Waals surface area (Å²) in [5.74, 6) is 0.552. The van der Waals surface area contributed by atoms with Gasteiger partial charge < -0.3 is 4.57 Å². The molecule has 0 saturated carbocycles. The molecule has 156 valence electrons. The number of allylic oxidation sites excluding steroid dienone is 4. The van der Waals surface area contributed by atoms with Crippen molar-refractivity contribution in [3.8, 4) is 11.1 Å². The van der Waals surface area contributed by atoms with Crippen molar-refractivity contribution >= 4 is 21.8 Å². The van der Waals surface area contributed by atoms with Crippen molar-refractivity contribution in [3.63, 3.8) is 0 Å². The SMILES string of the molecule is CC.CC1(C)c2ccccc2-c2c1ccc1c2c2ccccc2n1CC1C=CC=CC1. The fourth-order valence-corrected chi connectivity index (χ4v) is 5.53. The third-order valence-electron chi connectivity index (χ3n) is 6.97. The van der Waals surface area contributed by atoms with Crippen LogP contribution in [0, 0.1) is 5.92 Å². The van der Waals surface area contributed by atoms with E-state index in [4.69, 9.17) is 0 Å². The monoisotopic (exact) mass is 405 g/mol. The Morgan fingerprint density at radius 3 is 2.42 bits per heavy atom. The minimum absolute atomic E-state index is 0.0419. The van der Waals surface area contributed by atoms with E-state index in [0.717, 1.165) is 13.0 Å². The lowest BCUT2D eigenvalue weighted by Gasteiger charge is -2.21. The summed E-state index contributed by atoms with van der Waals surface area (Å²) in [5.41, 5.74) is 8.49. The van der Waals surface area contributed by atoms with E-state index in [0.29, 0.717) is 5.92 Å². The highest BCUT2D eigenvalue weighted by Gasteiger charge is 2.37. The van der Waals surface area contributed by atoms with Gasteiger partial charge in [0.1, 0.15) is 0 Å². The van der Waals surface area contributed by atoms with Crippen molar-refractivity contribution in [2.45, 2.75) is 46.1 Å². The lowest BCUT2D eigenvalue weighted by molar-refractivity contribution is 0.554. The minimum Gasteiger partial charge on any atom is -0.340 e. The first-order chi connectivity index (χ1) is 15.2. The summed E-state index contributed by atoms with van der Waals surface area (Å²) in [5, 5.41) is 2.80. The van der Waals surface area contributed by atoms with E-state index in [1.807, 2.05) is 13.8 Å². The highest BCUT2D eigenvalue weighted by atomic mass is 15.0. The average molecular weight is 406 g/mol. The summed E-state index contributed by atoms with van der Waals surface area (Å²) >= 11 is 0. The zero-order chi connectivity index (χ0) is 21.6. The molecule has 31 heavy (non-hydrogen) atoms. The van der Waals surface area contributed by atoms with Crippen molar-refractivity contribution < 1.29 is 0 Å². The average Bonchev–Trinajstić information content (AvgIpc) is 3.26. The molecule has 1 atom stereocenters. The van der Waals surface area contributed by atoms with E-state index in [1.165, 1.54) is 44.1 Å². The van der Waals surface area contributed by atoms with Crippen LogP contribution in [0.25, 0.3) is 32.9 Å². The zero-order valence-electron chi connectivity index (χ0n) is 19.0. The minimum atomic E-state index is 0.0419. The normalized spacial score (nSPS) is 18.0. The van der Waals surface area contributed by atoms with Crippen LogP contribution in [0.5, 0.6) is 0 Å². The van der Waals surface area contributed by atoms with Crippen LogP contribution in [0.15, 0.2) is 85.0 Å². The third-order valence-corrected chi connectivity index (χ3v) is 6.97. The molecule has 0 N–H and O–H groups in total. The lowest BCUT2D eigenvalue weighted by atomic mass is 9.82. The van der Waals surface area contributed by atoms with Crippen molar-refractivity contribution in [1.82, 2.24) is 4.57 Å². The number of nitrogens with zero attached hydrogens (tertiary/aromatic N) is 1.